The van der Waals surface area contributed by atoms with Gasteiger partial charge in [0.15, 0.2) is 11.6 Å². The van der Waals surface area contributed by atoms with E-state index in [0.29, 0.717) is 87.3 Å². The summed E-state index contributed by atoms with van der Waals surface area (Å²) in [7, 11) is 21.4. The second-order valence-corrected chi connectivity index (χ2v) is 38.5. The van der Waals surface area contributed by atoms with Crippen LogP contribution in [0.3, 0.4) is 0 Å². The highest BCUT2D eigenvalue weighted by atomic mass is 16.2. The lowest BCUT2D eigenvalue weighted by Crippen LogP contribution is -2.50. The quantitative estimate of drug-likeness (QED) is 0.00433. The Bertz CT molecular complexity index is 5440. The summed E-state index contributed by atoms with van der Waals surface area (Å²) in [6.45, 7) is 18.9. The number of unbranched alkanes of at least 4 members (excludes halogenated alkanes) is 2. The summed E-state index contributed by atoms with van der Waals surface area (Å²) in [6, 6.07) is 46.9. The molecule has 0 saturated heterocycles. The molecule has 0 unspecified atom stereocenters. The third-order valence-electron chi connectivity index (χ3n) is 23.7. The zero-order valence-corrected chi connectivity index (χ0v) is 82.5. The first-order valence-corrected chi connectivity index (χ1v) is 48.0. The number of rotatable bonds is 52. The van der Waals surface area contributed by atoms with Gasteiger partial charge in [-0.2, -0.15) is 0 Å². The zero-order valence-electron chi connectivity index (χ0n) is 82.5. The van der Waals surface area contributed by atoms with Gasteiger partial charge >= 0.3 is 24.1 Å². The van der Waals surface area contributed by atoms with Crippen LogP contribution in [0.25, 0.3) is 0 Å². The minimum Gasteiger partial charge on any atom is -0.352 e. The van der Waals surface area contributed by atoms with Gasteiger partial charge in [0.05, 0.1) is 123 Å². The maximum atomic E-state index is 12.9. The molecule has 32 nitrogen and oxygen atoms in total. The third-order valence-corrected chi connectivity index (χ3v) is 23.7. The van der Waals surface area contributed by atoms with Crippen LogP contribution in [0, 0.1) is 10.8 Å². The number of amides is 10. The van der Waals surface area contributed by atoms with E-state index >= 15 is 0 Å². The molecule has 4 heterocycles. The molecule has 10 aromatic rings. The van der Waals surface area contributed by atoms with Crippen molar-refractivity contribution < 1.29 is 74.6 Å². The molecule has 32 heteroatoms. The van der Waals surface area contributed by atoms with E-state index in [-0.39, 0.29) is 29.3 Å². The van der Waals surface area contributed by atoms with Crippen molar-refractivity contribution in [3.8, 4) is 0 Å². The summed E-state index contributed by atoms with van der Waals surface area (Å²) in [6.07, 6.45) is 35.6. The number of carbonyl (C=O) groups is 8. The summed E-state index contributed by atoms with van der Waals surface area (Å²) in [5, 5.41) is 42.0. The first kappa shape index (κ1) is 106. The van der Waals surface area contributed by atoms with Gasteiger partial charge in [-0.05, 0) is 90.6 Å². The van der Waals surface area contributed by atoms with Crippen molar-refractivity contribution in [2.24, 2.45) is 7.05 Å². The third kappa shape index (κ3) is 40.9. The summed E-state index contributed by atoms with van der Waals surface area (Å²) in [5.41, 5.74) is 12.6. The Morgan fingerprint density at radius 2 is 0.574 bits per heavy atom. The Morgan fingerprint density at radius 1 is 0.301 bits per heavy atom. The highest BCUT2D eigenvalue weighted by Gasteiger charge is 2.23. The van der Waals surface area contributed by atoms with E-state index in [0.717, 1.165) is 174 Å². The number of nitrogens with zero attached hydrogens (tertiary/aromatic N) is 12. The number of hydrogen-bond acceptors (Lipinski definition) is 10. The minimum atomic E-state index is -0.555. The molecular weight excluding hydrogens is 1710 g/mol. The van der Waals surface area contributed by atoms with Crippen LogP contribution in [0.4, 0.5) is 19.2 Å². The number of nitrogens with one attached hydrogen (secondary N) is 12. The molecule has 728 valence electrons. The van der Waals surface area contributed by atoms with Crippen molar-refractivity contribution >= 4 is 59.4 Å². The highest BCUT2D eigenvalue weighted by molar-refractivity contribution is 6.03. The fourth-order valence-electron chi connectivity index (χ4n) is 16.0. The maximum Gasteiger partial charge on any atom is 0.321 e. The van der Waals surface area contributed by atoms with Gasteiger partial charge in [-0.3, -0.25) is 51.3 Å². The lowest BCUT2D eigenvalue weighted by atomic mass is 10.0. The molecule has 0 aliphatic carbocycles. The fourth-order valence-corrected chi connectivity index (χ4v) is 16.0. The predicted octanol–water partition coefficient (Wildman–Crippen LogP) is 10.0. The van der Waals surface area contributed by atoms with Crippen molar-refractivity contribution in [1.82, 2.24) is 71.4 Å². The number of imidazole rings is 4. The SMILES string of the molecule is CCc1ccc(C[N+](C)(C)CCCCC(=O)c2ccc(C(=O)NCCC[N+](C)(C)Cc3ccc(C[N+](C)(C)CCCNC(=O)NC(=N)NC(=O)NCCC[N+](C)(C)C)cc3)cc2)cc1.CCc1ccc(C[n+]2ccn(CCCCC(=O)c3ccc(C(=O)NCCCn4cc[n+](Cc5ccc(C[n+]6ccn(CCCNC(=O)NC(=N)NC(=O)NCCCn7cc[n+](C)c7)c6)cc5)c4)cc3)c2)cc1. The molecule has 0 saturated carbocycles. The van der Waals surface area contributed by atoms with Gasteiger partial charge in [0, 0.05) is 130 Å². The van der Waals surface area contributed by atoms with E-state index in [9.17, 15) is 38.4 Å². The molecule has 10 amide bonds. The Hall–Kier alpha value is -13.3. The van der Waals surface area contributed by atoms with Crippen molar-refractivity contribution in [2.75, 3.05) is 129 Å². The standard InChI is InChI=1S/C54H67N14O4.C50H79N10O4/c1-3-44-10-12-45(13-11-44)37-66-34-31-63(41-66)25-5-4-9-50(69)48-18-20-49(21-19-48)51(70)56-22-6-27-64-32-35-67(42-64)38-46-14-16-47(17-15-46)39-68-36-33-65(43-68)28-8-24-58-54(72)60-52(55)59-53(71)57-23-7-26-62-30-29-61(2)40-62;1-11-40-18-20-41(21-19-40)37-58(5,6)34-13-12-17-46(61)44-26-28-45(29-27-44)47(62)52-30-15-35-59(7,8)38-42-22-24-43(25-23-42)39-60(9,10)36-16-32-54-50(64)56-48(51)55-49(63)53-31-14-33-57(2,3)4/h10-21,29-36,40-43H,3-9,22-28,37-39H2,1-2H3,(H3-3,55,56,57,58,59,60,70,71,72);18-29H,11-17,30-39H2,1-10H3,(H3-3,51,52,53,54,55,56,62,63,64)/q2*+1/p+6. The largest absolute Gasteiger partial charge is 0.352 e. The van der Waals surface area contributed by atoms with Crippen molar-refractivity contribution in [3.63, 3.8) is 0 Å². The van der Waals surface area contributed by atoms with Crippen LogP contribution in [0.1, 0.15) is 177 Å². The monoisotopic (exact) mass is 1870 g/mol. The van der Waals surface area contributed by atoms with Crippen LogP contribution >= 0.6 is 0 Å². The summed E-state index contributed by atoms with van der Waals surface area (Å²) < 4.78 is 20.0. The Kier molecular flexibility index (Phi) is 42.5. The number of Topliss-reactive ketones (excluding diaryl/α,β-unsaturated/α-hetero) is 2. The molecule has 12 N–H and O–H groups in total. The predicted molar refractivity (Wildman–Crippen MR) is 529 cm³/mol. The van der Waals surface area contributed by atoms with Crippen molar-refractivity contribution in [3.05, 3.63) is 287 Å². The molecule has 0 aliphatic rings. The molecule has 0 radical (unpaired) electrons. The number of aromatic nitrogens is 8. The Labute approximate surface area is 804 Å². The summed E-state index contributed by atoms with van der Waals surface area (Å²) in [5.74, 6) is -0.825. The summed E-state index contributed by atoms with van der Waals surface area (Å²) >= 11 is 0. The van der Waals surface area contributed by atoms with Gasteiger partial charge in [0.25, 0.3) is 11.8 Å². The van der Waals surface area contributed by atoms with E-state index in [1.165, 1.54) is 44.5 Å². The second kappa shape index (κ2) is 54.3. The number of guanidine groups is 2. The first-order valence-electron chi connectivity index (χ1n) is 48.0. The number of ketones is 2. The van der Waals surface area contributed by atoms with Gasteiger partial charge in [0.2, 0.25) is 37.2 Å². The average Bonchev–Trinajstić information content (AvgIpc) is 1.54. The number of benzene rings is 6. The lowest BCUT2D eigenvalue weighted by molar-refractivity contribution is -0.904. The van der Waals surface area contributed by atoms with Crippen LogP contribution in [-0.2, 0) is 85.3 Å². The van der Waals surface area contributed by atoms with Gasteiger partial charge in [-0.1, -0.05) is 135 Å². The normalized spacial score (nSPS) is 11.5. The zero-order chi connectivity index (χ0) is 97.9. The number of carbonyl (C=O) groups excluding carboxylic acids is 8. The molecule has 136 heavy (non-hydrogen) atoms. The molecule has 10 rings (SSSR count). The van der Waals surface area contributed by atoms with E-state index in [4.69, 9.17) is 10.8 Å². The van der Waals surface area contributed by atoms with Gasteiger partial charge in [0.1, 0.15) is 88.8 Å². The number of hydrogen-bond donors (Lipinski definition) is 12. The minimum absolute atomic E-state index is 0.0948. The molecule has 0 aliphatic heterocycles. The van der Waals surface area contributed by atoms with Crippen LogP contribution < -0.4 is 71.4 Å². The Morgan fingerprint density at radius 3 is 0.904 bits per heavy atom. The topological polar surface area (TPSA) is 340 Å². The molecule has 4 aromatic heterocycles. The van der Waals surface area contributed by atoms with Gasteiger partial charge in [-0.15, -0.1) is 0 Å². The number of aryl methyl sites for hydroxylation is 7. The summed E-state index contributed by atoms with van der Waals surface area (Å²) in [4.78, 5) is 100. The molecule has 0 spiro atoms. The smallest absolute Gasteiger partial charge is 0.321 e. The van der Waals surface area contributed by atoms with E-state index < -0.39 is 30.1 Å². The van der Waals surface area contributed by atoms with Crippen molar-refractivity contribution in [2.45, 2.75) is 169 Å². The van der Waals surface area contributed by atoms with Gasteiger partial charge in [-0.25, -0.2) is 55.7 Å². The maximum absolute atomic E-state index is 12.9. The van der Waals surface area contributed by atoms with Crippen LogP contribution in [0.2, 0.25) is 0 Å². The van der Waals surface area contributed by atoms with Crippen LogP contribution in [0.15, 0.2) is 220 Å². The first-order chi connectivity index (χ1) is 65.1. The fraction of sp³-hybridized carbons (Fsp3) is 0.442. The van der Waals surface area contributed by atoms with E-state index in [1.54, 1.807) is 48.5 Å². The van der Waals surface area contributed by atoms with Crippen LogP contribution in [0.5, 0.6) is 0 Å². The molecular formula is C104H152N24O8+8. The number of urea groups is 4. The van der Waals surface area contributed by atoms with Crippen LogP contribution in [-0.4, -0.2) is 225 Å². The highest BCUT2D eigenvalue weighted by Crippen LogP contribution is 2.20. The number of quaternary nitrogens is 4. The van der Waals surface area contributed by atoms with E-state index in [1.807, 2.05) is 59.8 Å². The molecule has 6 aromatic carbocycles. The van der Waals surface area contributed by atoms with E-state index in [2.05, 4.69) is 286 Å². The molecule has 0 atom stereocenters. The lowest BCUT2D eigenvalue weighted by Gasteiger charge is -2.31. The second-order valence-electron chi connectivity index (χ2n) is 38.5. The average molecular weight is 1870 g/mol. The molecule has 0 bridgehead atoms. The van der Waals surface area contributed by atoms with Crippen molar-refractivity contribution in [1.29, 1.82) is 10.8 Å². The van der Waals surface area contributed by atoms with Gasteiger partial charge < -0.3 is 49.8 Å². The Balaban J connectivity index is 0.000000307. The molecule has 0 fully saturated rings.